The monoisotopic (exact) mass is 238 g/mol. The maximum atomic E-state index is 9.66. The van der Waals surface area contributed by atoms with Gasteiger partial charge in [0.2, 0.25) is 0 Å². The molecule has 2 N–H and O–H groups in total. The smallest absolute Gasteiger partial charge is 0.127 e. The highest BCUT2D eigenvalue weighted by Crippen LogP contribution is 2.34. The number of aromatic hydroxyl groups is 1. The van der Waals surface area contributed by atoms with Crippen molar-refractivity contribution in [3.63, 3.8) is 0 Å². The molecule has 16 heavy (non-hydrogen) atoms. The quantitative estimate of drug-likeness (QED) is 0.864. The molecule has 0 aromatic heterocycles. The number of aliphatic hydroxyl groups excluding tert-OH is 1. The Morgan fingerprint density at radius 1 is 1.12 bits per heavy atom. The molecule has 0 aliphatic rings. The van der Waals surface area contributed by atoms with Gasteiger partial charge in [-0.1, -0.05) is 11.6 Å². The minimum atomic E-state index is -0.0526. The van der Waals surface area contributed by atoms with Crippen molar-refractivity contribution >= 4 is 22.4 Å². The SMILES string of the molecule is OCCOc1ccc(O)c2ccc(Cl)cc12. The highest BCUT2D eigenvalue weighted by atomic mass is 35.5. The molecule has 0 unspecified atom stereocenters. The van der Waals surface area contributed by atoms with Crippen LogP contribution in [0.3, 0.4) is 0 Å². The van der Waals surface area contributed by atoms with Gasteiger partial charge in [0, 0.05) is 15.8 Å². The number of fused-ring (bicyclic) bond motifs is 1. The molecule has 0 atom stereocenters. The van der Waals surface area contributed by atoms with E-state index < -0.39 is 0 Å². The summed E-state index contributed by atoms with van der Waals surface area (Å²) in [4.78, 5) is 0. The molecule has 2 rings (SSSR count). The third kappa shape index (κ3) is 2.05. The second kappa shape index (κ2) is 4.60. The van der Waals surface area contributed by atoms with Gasteiger partial charge in [-0.3, -0.25) is 0 Å². The van der Waals surface area contributed by atoms with Crippen LogP contribution in [0.4, 0.5) is 0 Å². The Balaban J connectivity index is 2.56. The van der Waals surface area contributed by atoms with E-state index >= 15 is 0 Å². The molecule has 84 valence electrons. The average Bonchev–Trinajstić information content (AvgIpc) is 2.28. The van der Waals surface area contributed by atoms with Crippen LogP contribution in [-0.2, 0) is 0 Å². The van der Waals surface area contributed by atoms with E-state index in [9.17, 15) is 5.11 Å². The number of rotatable bonds is 3. The number of halogens is 1. The molecule has 0 amide bonds. The minimum absolute atomic E-state index is 0.0526. The van der Waals surface area contributed by atoms with Gasteiger partial charge in [0.25, 0.3) is 0 Å². The van der Waals surface area contributed by atoms with E-state index in [0.29, 0.717) is 16.2 Å². The first-order chi connectivity index (χ1) is 7.72. The van der Waals surface area contributed by atoms with Crippen molar-refractivity contribution in [2.24, 2.45) is 0 Å². The fraction of sp³-hybridized carbons (Fsp3) is 0.167. The number of aliphatic hydroxyl groups is 1. The molecule has 0 bridgehead atoms. The van der Waals surface area contributed by atoms with Crippen molar-refractivity contribution in [1.29, 1.82) is 0 Å². The lowest BCUT2D eigenvalue weighted by Gasteiger charge is -2.09. The standard InChI is InChI=1S/C12H11ClO3/c13-8-1-2-9-10(7-8)12(16-6-5-14)4-3-11(9)15/h1-4,7,14-15H,5-6H2. The summed E-state index contributed by atoms with van der Waals surface area (Å²) in [5.41, 5.74) is 0. The topological polar surface area (TPSA) is 49.7 Å². The summed E-state index contributed by atoms with van der Waals surface area (Å²) in [5, 5.41) is 20.4. The summed E-state index contributed by atoms with van der Waals surface area (Å²) >= 11 is 5.89. The normalized spacial score (nSPS) is 10.6. The van der Waals surface area contributed by atoms with Crippen LogP contribution >= 0.6 is 11.6 Å². The molecule has 3 nitrogen and oxygen atoms in total. The summed E-state index contributed by atoms with van der Waals surface area (Å²) in [5.74, 6) is 0.785. The van der Waals surface area contributed by atoms with Crippen molar-refractivity contribution in [1.82, 2.24) is 0 Å². The number of hydrogen-bond donors (Lipinski definition) is 2. The molecular weight excluding hydrogens is 228 g/mol. The van der Waals surface area contributed by atoms with Gasteiger partial charge < -0.3 is 14.9 Å². The number of benzene rings is 2. The fourth-order valence-corrected chi connectivity index (χ4v) is 1.73. The van der Waals surface area contributed by atoms with E-state index in [0.717, 1.165) is 5.39 Å². The van der Waals surface area contributed by atoms with Crippen LogP contribution in [0.25, 0.3) is 10.8 Å². The van der Waals surface area contributed by atoms with Gasteiger partial charge in [-0.2, -0.15) is 0 Å². The Bertz CT molecular complexity index is 511. The van der Waals surface area contributed by atoms with Crippen LogP contribution in [0.2, 0.25) is 5.02 Å². The summed E-state index contributed by atoms with van der Waals surface area (Å²) in [6, 6.07) is 8.38. The fourth-order valence-electron chi connectivity index (χ4n) is 1.56. The van der Waals surface area contributed by atoms with E-state index in [4.69, 9.17) is 21.4 Å². The third-order valence-corrected chi connectivity index (χ3v) is 2.50. The van der Waals surface area contributed by atoms with E-state index in [1.807, 2.05) is 0 Å². The van der Waals surface area contributed by atoms with Gasteiger partial charge in [-0.25, -0.2) is 0 Å². The second-order valence-electron chi connectivity index (χ2n) is 3.34. The van der Waals surface area contributed by atoms with Gasteiger partial charge in [0.15, 0.2) is 0 Å². The van der Waals surface area contributed by atoms with Crippen molar-refractivity contribution in [3.8, 4) is 11.5 Å². The molecule has 2 aromatic carbocycles. The van der Waals surface area contributed by atoms with Crippen molar-refractivity contribution in [2.45, 2.75) is 0 Å². The van der Waals surface area contributed by atoms with Crippen molar-refractivity contribution < 1.29 is 14.9 Å². The van der Waals surface area contributed by atoms with Crippen LogP contribution in [-0.4, -0.2) is 23.4 Å². The zero-order valence-electron chi connectivity index (χ0n) is 8.48. The molecular formula is C12H11ClO3. The molecule has 2 aromatic rings. The Morgan fingerprint density at radius 2 is 1.94 bits per heavy atom. The highest BCUT2D eigenvalue weighted by Gasteiger charge is 2.06. The first kappa shape index (κ1) is 11.0. The van der Waals surface area contributed by atoms with Crippen LogP contribution < -0.4 is 4.74 Å². The van der Waals surface area contributed by atoms with Gasteiger partial charge in [0.05, 0.1) is 6.61 Å². The molecule has 0 heterocycles. The number of phenolic OH excluding ortho intramolecular Hbond substituents is 1. The summed E-state index contributed by atoms with van der Waals surface area (Å²) in [6.45, 7) is 0.162. The van der Waals surface area contributed by atoms with Gasteiger partial charge in [0.1, 0.15) is 18.1 Å². The van der Waals surface area contributed by atoms with E-state index in [-0.39, 0.29) is 19.0 Å². The van der Waals surface area contributed by atoms with Gasteiger partial charge >= 0.3 is 0 Å². The lowest BCUT2D eigenvalue weighted by molar-refractivity contribution is 0.203. The predicted molar refractivity (Wildman–Crippen MR) is 63.2 cm³/mol. The van der Waals surface area contributed by atoms with E-state index in [1.165, 1.54) is 0 Å². The van der Waals surface area contributed by atoms with Crippen molar-refractivity contribution in [2.75, 3.05) is 13.2 Å². The molecule has 0 fully saturated rings. The maximum absolute atomic E-state index is 9.66. The Kier molecular flexibility index (Phi) is 3.17. The number of hydrogen-bond acceptors (Lipinski definition) is 3. The Labute approximate surface area is 97.8 Å². The second-order valence-corrected chi connectivity index (χ2v) is 3.78. The first-order valence-corrected chi connectivity index (χ1v) is 5.25. The zero-order valence-corrected chi connectivity index (χ0v) is 9.24. The van der Waals surface area contributed by atoms with Crippen LogP contribution in [0, 0.1) is 0 Å². The zero-order chi connectivity index (χ0) is 11.5. The summed E-state index contributed by atoms with van der Waals surface area (Å²) in [6.07, 6.45) is 0. The lowest BCUT2D eigenvalue weighted by atomic mass is 10.1. The molecule has 0 aliphatic heterocycles. The van der Waals surface area contributed by atoms with E-state index in [2.05, 4.69) is 0 Å². The molecule has 0 aliphatic carbocycles. The number of phenols is 1. The Hall–Kier alpha value is -1.45. The molecule has 0 saturated carbocycles. The highest BCUT2D eigenvalue weighted by molar-refractivity contribution is 6.31. The van der Waals surface area contributed by atoms with Gasteiger partial charge in [-0.05, 0) is 30.3 Å². The molecule has 0 saturated heterocycles. The summed E-state index contributed by atoms with van der Waals surface area (Å²) < 4.78 is 5.36. The van der Waals surface area contributed by atoms with Crippen molar-refractivity contribution in [3.05, 3.63) is 35.4 Å². The number of ether oxygens (including phenoxy) is 1. The van der Waals surface area contributed by atoms with Crippen LogP contribution in [0.5, 0.6) is 11.5 Å². The largest absolute Gasteiger partial charge is 0.507 e. The molecule has 0 radical (unpaired) electrons. The first-order valence-electron chi connectivity index (χ1n) is 4.87. The third-order valence-electron chi connectivity index (χ3n) is 2.26. The van der Waals surface area contributed by atoms with Crippen LogP contribution in [0.15, 0.2) is 30.3 Å². The van der Waals surface area contributed by atoms with E-state index in [1.54, 1.807) is 30.3 Å². The summed E-state index contributed by atoms with van der Waals surface area (Å²) in [7, 11) is 0. The molecule has 0 spiro atoms. The average molecular weight is 239 g/mol. The lowest BCUT2D eigenvalue weighted by Crippen LogP contribution is -2.01. The maximum Gasteiger partial charge on any atom is 0.127 e. The molecule has 4 heteroatoms. The minimum Gasteiger partial charge on any atom is -0.507 e. The predicted octanol–water partition coefficient (Wildman–Crippen LogP) is 2.57. The van der Waals surface area contributed by atoms with Gasteiger partial charge in [-0.15, -0.1) is 0 Å². The Morgan fingerprint density at radius 3 is 2.69 bits per heavy atom. The van der Waals surface area contributed by atoms with Crippen LogP contribution in [0.1, 0.15) is 0 Å².